The lowest BCUT2D eigenvalue weighted by Gasteiger charge is -2.36. The molecule has 0 aliphatic carbocycles. The van der Waals surface area contributed by atoms with Crippen molar-refractivity contribution in [1.29, 1.82) is 0 Å². The van der Waals surface area contributed by atoms with Crippen molar-refractivity contribution in [1.82, 2.24) is 4.90 Å². The Morgan fingerprint density at radius 3 is 2.83 bits per heavy atom. The maximum atomic E-state index is 10.0. The van der Waals surface area contributed by atoms with Crippen molar-refractivity contribution >= 4 is 5.97 Å². The molecule has 0 atom stereocenters. The predicted octanol–water partition coefficient (Wildman–Crippen LogP) is 0.0393. The van der Waals surface area contributed by atoms with Crippen LogP contribution in [-0.4, -0.2) is 49.3 Å². The van der Waals surface area contributed by atoms with Crippen LogP contribution in [0.4, 0.5) is 0 Å². The molecule has 12 heavy (non-hydrogen) atoms. The average molecular weight is 173 g/mol. The second kappa shape index (κ2) is 4.42. The van der Waals surface area contributed by atoms with Gasteiger partial charge in [-0.25, -0.2) is 4.79 Å². The van der Waals surface area contributed by atoms with Crippen LogP contribution in [0.1, 0.15) is 6.42 Å². The molecular weight excluding hydrogens is 158 g/mol. The normalized spacial score (nSPS) is 19.1. The van der Waals surface area contributed by atoms with Crippen molar-refractivity contribution in [3.05, 3.63) is 0 Å². The molecule has 1 heterocycles. The van der Waals surface area contributed by atoms with E-state index in [0.717, 1.165) is 19.5 Å². The molecule has 0 aromatic rings. The molecule has 1 saturated heterocycles. The molecule has 70 valence electrons. The first kappa shape index (κ1) is 9.48. The number of hydrogen-bond acceptors (Lipinski definition) is 3. The molecule has 0 unspecified atom stereocenters. The number of carbonyl (C=O) groups is 1. The minimum absolute atomic E-state index is 0.164. The van der Waals surface area contributed by atoms with Gasteiger partial charge in [-0.2, -0.15) is 0 Å². The summed E-state index contributed by atoms with van der Waals surface area (Å²) in [6.07, 6.45) is 0.984. The van der Waals surface area contributed by atoms with Crippen LogP contribution in [0.25, 0.3) is 0 Å². The van der Waals surface area contributed by atoms with Gasteiger partial charge in [0.1, 0.15) is 6.61 Å². The molecule has 1 rings (SSSR count). The number of carboxylic acids is 1. The zero-order valence-corrected chi connectivity index (χ0v) is 7.32. The van der Waals surface area contributed by atoms with E-state index in [2.05, 4.69) is 11.9 Å². The van der Waals surface area contributed by atoms with Crippen molar-refractivity contribution in [2.75, 3.05) is 33.4 Å². The second-order valence-electron chi connectivity index (χ2n) is 3.32. The van der Waals surface area contributed by atoms with Crippen molar-refractivity contribution < 1.29 is 14.6 Å². The summed E-state index contributed by atoms with van der Waals surface area (Å²) in [4.78, 5) is 12.3. The standard InChI is InChI=1S/C8H15NO3/c1-9-4-7(5-9)2-3-12-6-8(10)11/h7H,2-6H2,1H3,(H,10,11). The van der Waals surface area contributed by atoms with Gasteiger partial charge in [0, 0.05) is 19.7 Å². The first-order valence-electron chi connectivity index (χ1n) is 4.16. The molecule has 4 heteroatoms. The van der Waals surface area contributed by atoms with Gasteiger partial charge in [-0.3, -0.25) is 0 Å². The zero-order valence-electron chi connectivity index (χ0n) is 7.32. The zero-order chi connectivity index (χ0) is 8.97. The number of carboxylic acid groups (broad SMARTS) is 1. The minimum atomic E-state index is -0.888. The fraction of sp³-hybridized carbons (Fsp3) is 0.875. The molecular formula is C8H15NO3. The highest BCUT2D eigenvalue weighted by Crippen LogP contribution is 2.15. The summed E-state index contributed by atoms with van der Waals surface area (Å²) < 4.78 is 4.92. The summed E-state index contributed by atoms with van der Waals surface area (Å²) in [6, 6.07) is 0. The van der Waals surface area contributed by atoms with Gasteiger partial charge in [0.25, 0.3) is 0 Å². The molecule has 1 aliphatic rings. The topological polar surface area (TPSA) is 49.8 Å². The van der Waals surface area contributed by atoms with E-state index in [0.29, 0.717) is 12.5 Å². The maximum Gasteiger partial charge on any atom is 0.329 e. The Morgan fingerprint density at radius 2 is 2.33 bits per heavy atom. The van der Waals surface area contributed by atoms with Gasteiger partial charge in [0.2, 0.25) is 0 Å². The van der Waals surface area contributed by atoms with E-state index < -0.39 is 5.97 Å². The third-order valence-corrected chi connectivity index (χ3v) is 2.04. The Balaban J connectivity index is 1.87. The van der Waals surface area contributed by atoms with Crippen molar-refractivity contribution in [3.63, 3.8) is 0 Å². The van der Waals surface area contributed by atoms with E-state index in [1.807, 2.05) is 0 Å². The number of nitrogens with zero attached hydrogens (tertiary/aromatic N) is 1. The van der Waals surface area contributed by atoms with Gasteiger partial charge in [-0.1, -0.05) is 0 Å². The van der Waals surface area contributed by atoms with Crippen LogP contribution in [0, 0.1) is 5.92 Å². The van der Waals surface area contributed by atoms with Gasteiger partial charge in [0.15, 0.2) is 0 Å². The highest BCUT2D eigenvalue weighted by Gasteiger charge is 2.22. The van der Waals surface area contributed by atoms with Gasteiger partial charge in [-0.15, -0.1) is 0 Å². The molecule has 0 amide bonds. The SMILES string of the molecule is CN1CC(CCOCC(=O)O)C1. The smallest absolute Gasteiger partial charge is 0.329 e. The van der Waals surface area contributed by atoms with E-state index in [4.69, 9.17) is 9.84 Å². The van der Waals surface area contributed by atoms with E-state index >= 15 is 0 Å². The molecule has 0 saturated carbocycles. The molecule has 1 fully saturated rings. The first-order valence-corrected chi connectivity index (χ1v) is 4.16. The lowest BCUT2D eigenvalue weighted by atomic mass is 9.98. The fourth-order valence-electron chi connectivity index (χ4n) is 1.42. The largest absolute Gasteiger partial charge is 0.480 e. The number of rotatable bonds is 5. The first-order chi connectivity index (χ1) is 5.68. The van der Waals surface area contributed by atoms with Crippen molar-refractivity contribution in [2.45, 2.75) is 6.42 Å². The summed E-state index contributed by atoms with van der Waals surface area (Å²) in [5.74, 6) is -0.176. The lowest BCUT2D eigenvalue weighted by Crippen LogP contribution is -2.44. The van der Waals surface area contributed by atoms with Gasteiger partial charge in [-0.05, 0) is 19.4 Å². The Labute approximate surface area is 72.1 Å². The average Bonchev–Trinajstić information content (AvgIpc) is 1.93. The lowest BCUT2D eigenvalue weighted by molar-refractivity contribution is -0.142. The quantitative estimate of drug-likeness (QED) is 0.596. The molecule has 4 nitrogen and oxygen atoms in total. The van der Waals surface area contributed by atoms with E-state index in [1.54, 1.807) is 0 Å². The van der Waals surface area contributed by atoms with Crippen molar-refractivity contribution in [2.24, 2.45) is 5.92 Å². The highest BCUT2D eigenvalue weighted by molar-refractivity contribution is 5.67. The Morgan fingerprint density at radius 1 is 1.67 bits per heavy atom. The van der Waals surface area contributed by atoms with Crippen LogP contribution in [0.2, 0.25) is 0 Å². The Hall–Kier alpha value is -0.610. The minimum Gasteiger partial charge on any atom is -0.480 e. The molecule has 0 aromatic carbocycles. The molecule has 1 N–H and O–H groups in total. The summed E-state index contributed by atoms with van der Waals surface area (Å²) >= 11 is 0. The molecule has 1 aliphatic heterocycles. The monoisotopic (exact) mass is 173 g/mol. The van der Waals surface area contributed by atoms with Crippen molar-refractivity contribution in [3.8, 4) is 0 Å². The third-order valence-electron chi connectivity index (χ3n) is 2.04. The van der Waals surface area contributed by atoms with Gasteiger partial charge in [0.05, 0.1) is 0 Å². The molecule has 0 bridgehead atoms. The second-order valence-corrected chi connectivity index (χ2v) is 3.32. The molecule has 0 radical (unpaired) electrons. The van der Waals surface area contributed by atoms with Crippen LogP contribution in [0.15, 0.2) is 0 Å². The Kier molecular flexibility index (Phi) is 3.49. The predicted molar refractivity (Wildman–Crippen MR) is 44.1 cm³/mol. The van der Waals surface area contributed by atoms with Crippen LogP contribution in [0.3, 0.4) is 0 Å². The molecule has 0 spiro atoms. The van der Waals surface area contributed by atoms with E-state index in [9.17, 15) is 4.79 Å². The summed E-state index contributed by atoms with van der Waals surface area (Å²) in [7, 11) is 2.08. The summed E-state index contributed by atoms with van der Waals surface area (Å²) in [5.41, 5.74) is 0. The van der Waals surface area contributed by atoms with E-state index in [-0.39, 0.29) is 6.61 Å². The third kappa shape index (κ3) is 3.19. The van der Waals surface area contributed by atoms with Gasteiger partial charge >= 0.3 is 5.97 Å². The van der Waals surface area contributed by atoms with Crippen LogP contribution >= 0.6 is 0 Å². The Bertz CT molecular complexity index is 154. The number of likely N-dealkylation sites (tertiary alicyclic amines) is 1. The molecule has 0 aromatic heterocycles. The van der Waals surface area contributed by atoms with Gasteiger partial charge < -0.3 is 14.7 Å². The number of ether oxygens (including phenoxy) is 1. The maximum absolute atomic E-state index is 10.0. The van der Waals surface area contributed by atoms with Crippen LogP contribution in [0.5, 0.6) is 0 Å². The highest BCUT2D eigenvalue weighted by atomic mass is 16.5. The van der Waals surface area contributed by atoms with Crippen LogP contribution in [-0.2, 0) is 9.53 Å². The van der Waals surface area contributed by atoms with Crippen LogP contribution < -0.4 is 0 Å². The number of hydrogen-bond donors (Lipinski definition) is 1. The van der Waals surface area contributed by atoms with E-state index in [1.165, 1.54) is 0 Å². The summed E-state index contributed by atoms with van der Waals surface area (Å²) in [6.45, 7) is 2.65. The summed E-state index contributed by atoms with van der Waals surface area (Å²) in [5, 5.41) is 8.26. The fourth-order valence-corrected chi connectivity index (χ4v) is 1.42. The number of aliphatic carboxylic acids is 1.